The molecule has 3 rings (SSSR count). The Bertz CT molecular complexity index is 394. The van der Waals surface area contributed by atoms with Crippen molar-refractivity contribution in [3.63, 3.8) is 0 Å². The first-order valence-corrected chi connectivity index (χ1v) is 8.23. The minimum Gasteiger partial charge on any atom is -0.357 e. The highest BCUT2D eigenvalue weighted by atomic mass is 15.2. The van der Waals surface area contributed by atoms with Gasteiger partial charge in [-0.25, -0.2) is 4.98 Å². The molecule has 2 heterocycles. The van der Waals surface area contributed by atoms with Crippen molar-refractivity contribution in [2.75, 3.05) is 18.0 Å². The highest BCUT2D eigenvalue weighted by Gasteiger charge is 2.24. The summed E-state index contributed by atoms with van der Waals surface area (Å²) in [5.41, 5.74) is 0. The lowest BCUT2D eigenvalue weighted by Crippen LogP contribution is -2.46. The third-order valence-electron chi connectivity index (χ3n) is 4.90. The summed E-state index contributed by atoms with van der Waals surface area (Å²) in [5, 5.41) is 3.84. The molecule has 1 saturated heterocycles. The van der Waals surface area contributed by atoms with E-state index in [1.165, 1.54) is 38.5 Å². The predicted molar refractivity (Wildman–Crippen MR) is 84.0 cm³/mol. The summed E-state index contributed by atoms with van der Waals surface area (Å²) in [6.07, 6.45) is 10.1. The van der Waals surface area contributed by atoms with E-state index in [4.69, 9.17) is 0 Å². The molecule has 1 aromatic rings. The second-order valence-corrected chi connectivity index (χ2v) is 6.55. The van der Waals surface area contributed by atoms with Crippen molar-refractivity contribution in [2.45, 2.75) is 57.5 Å². The molecular formula is C17H27N3. The highest BCUT2D eigenvalue weighted by Crippen LogP contribution is 2.30. The van der Waals surface area contributed by atoms with Gasteiger partial charge in [0.05, 0.1) is 0 Å². The number of aromatic nitrogens is 1. The fourth-order valence-corrected chi connectivity index (χ4v) is 3.51. The third-order valence-corrected chi connectivity index (χ3v) is 4.90. The van der Waals surface area contributed by atoms with Crippen LogP contribution < -0.4 is 10.2 Å². The molecule has 0 spiro atoms. The summed E-state index contributed by atoms with van der Waals surface area (Å²) in [7, 11) is 0. The molecule has 1 aromatic heterocycles. The van der Waals surface area contributed by atoms with Gasteiger partial charge in [-0.1, -0.05) is 25.3 Å². The molecule has 1 N–H and O–H groups in total. The number of rotatable bonds is 5. The molecule has 0 aromatic carbocycles. The van der Waals surface area contributed by atoms with Gasteiger partial charge in [0, 0.05) is 31.4 Å². The first-order chi connectivity index (χ1) is 9.81. The van der Waals surface area contributed by atoms with E-state index in [2.05, 4.69) is 34.3 Å². The highest BCUT2D eigenvalue weighted by molar-refractivity contribution is 5.38. The topological polar surface area (TPSA) is 28.2 Å². The van der Waals surface area contributed by atoms with Crippen LogP contribution >= 0.6 is 0 Å². The van der Waals surface area contributed by atoms with E-state index in [1.54, 1.807) is 0 Å². The lowest BCUT2D eigenvalue weighted by Gasteiger charge is -2.36. The van der Waals surface area contributed by atoms with Gasteiger partial charge >= 0.3 is 0 Å². The first-order valence-electron chi connectivity index (χ1n) is 8.23. The van der Waals surface area contributed by atoms with Crippen LogP contribution in [0.2, 0.25) is 0 Å². The average molecular weight is 273 g/mol. The van der Waals surface area contributed by atoms with E-state index in [-0.39, 0.29) is 0 Å². The van der Waals surface area contributed by atoms with Crippen LogP contribution in [0.3, 0.4) is 0 Å². The van der Waals surface area contributed by atoms with Crippen LogP contribution in [0.5, 0.6) is 0 Å². The molecule has 0 radical (unpaired) electrons. The van der Waals surface area contributed by atoms with E-state index in [0.717, 1.165) is 24.8 Å². The van der Waals surface area contributed by atoms with Crippen molar-refractivity contribution in [3.8, 4) is 0 Å². The van der Waals surface area contributed by atoms with Gasteiger partial charge in [-0.2, -0.15) is 0 Å². The molecule has 20 heavy (non-hydrogen) atoms. The molecule has 1 aliphatic heterocycles. The Labute approximate surface area is 122 Å². The third kappa shape index (κ3) is 3.51. The fraction of sp³-hybridized carbons (Fsp3) is 0.706. The maximum Gasteiger partial charge on any atom is 0.128 e. The number of pyridine rings is 1. The Hall–Kier alpha value is -1.09. The van der Waals surface area contributed by atoms with Crippen LogP contribution in [-0.4, -0.2) is 30.2 Å². The van der Waals surface area contributed by atoms with Crippen LogP contribution in [0.15, 0.2) is 24.4 Å². The Morgan fingerprint density at radius 1 is 1.25 bits per heavy atom. The molecule has 2 fully saturated rings. The molecule has 1 atom stereocenters. The van der Waals surface area contributed by atoms with Crippen LogP contribution in [0.1, 0.15) is 45.4 Å². The van der Waals surface area contributed by atoms with Gasteiger partial charge in [0.15, 0.2) is 0 Å². The molecule has 3 heteroatoms. The fourth-order valence-electron chi connectivity index (χ4n) is 3.51. The Morgan fingerprint density at radius 2 is 2.05 bits per heavy atom. The van der Waals surface area contributed by atoms with Crippen LogP contribution in [0, 0.1) is 5.92 Å². The van der Waals surface area contributed by atoms with Gasteiger partial charge in [-0.3, -0.25) is 0 Å². The van der Waals surface area contributed by atoms with Gasteiger partial charge in [-0.15, -0.1) is 0 Å². The van der Waals surface area contributed by atoms with Crippen molar-refractivity contribution < 1.29 is 0 Å². The number of piperidine rings is 1. The zero-order valence-electron chi connectivity index (χ0n) is 12.6. The van der Waals surface area contributed by atoms with Crippen molar-refractivity contribution in [2.24, 2.45) is 5.92 Å². The van der Waals surface area contributed by atoms with E-state index in [1.807, 2.05) is 12.3 Å². The summed E-state index contributed by atoms with van der Waals surface area (Å²) in [5.74, 6) is 2.14. The zero-order chi connectivity index (χ0) is 13.8. The minimum absolute atomic E-state index is 0.687. The van der Waals surface area contributed by atoms with Gasteiger partial charge < -0.3 is 10.2 Å². The molecule has 0 amide bonds. The van der Waals surface area contributed by atoms with Gasteiger partial charge in [-0.05, 0) is 44.2 Å². The summed E-state index contributed by atoms with van der Waals surface area (Å²) in [6, 6.07) is 7.57. The normalized spacial score (nSPS) is 22.6. The van der Waals surface area contributed by atoms with Crippen LogP contribution in [0.4, 0.5) is 5.82 Å². The monoisotopic (exact) mass is 273 g/mol. The summed E-state index contributed by atoms with van der Waals surface area (Å²) in [4.78, 5) is 6.86. The number of hydrogen-bond acceptors (Lipinski definition) is 3. The van der Waals surface area contributed by atoms with Crippen LogP contribution in [0.25, 0.3) is 0 Å². The first kappa shape index (κ1) is 13.9. The van der Waals surface area contributed by atoms with Crippen molar-refractivity contribution in [3.05, 3.63) is 24.4 Å². The van der Waals surface area contributed by atoms with Gasteiger partial charge in [0.2, 0.25) is 0 Å². The van der Waals surface area contributed by atoms with E-state index < -0.39 is 0 Å². The van der Waals surface area contributed by atoms with Gasteiger partial charge in [0.1, 0.15) is 5.82 Å². The van der Waals surface area contributed by atoms with E-state index >= 15 is 0 Å². The zero-order valence-corrected chi connectivity index (χ0v) is 12.6. The molecule has 2 aliphatic rings. The second kappa shape index (κ2) is 6.57. The number of hydrogen-bond donors (Lipinski definition) is 1. The number of nitrogens with zero attached hydrogens (tertiary/aromatic N) is 2. The molecule has 110 valence electrons. The number of nitrogens with one attached hydrogen (secondary N) is 1. The van der Waals surface area contributed by atoms with Crippen molar-refractivity contribution in [1.29, 1.82) is 0 Å². The molecule has 0 bridgehead atoms. The smallest absolute Gasteiger partial charge is 0.128 e. The quantitative estimate of drug-likeness (QED) is 0.893. The lowest BCUT2D eigenvalue weighted by molar-refractivity contribution is 0.250. The summed E-state index contributed by atoms with van der Waals surface area (Å²) < 4.78 is 0. The molecular weight excluding hydrogens is 246 g/mol. The SMILES string of the molecule is CC(CC1CCC1)NC1CCN(c2ccccn2)CC1. The largest absolute Gasteiger partial charge is 0.357 e. The maximum absolute atomic E-state index is 4.45. The molecule has 3 nitrogen and oxygen atoms in total. The van der Waals surface area contributed by atoms with Crippen LogP contribution in [-0.2, 0) is 0 Å². The minimum atomic E-state index is 0.687. The summed E-state index contributed by atoms with van der Waals surface area (Å²) >= 11 is 0. The summed E-state index contributed by atoms with van der Waals surface area (Å²) in [6.45, 7) is 4.62. The Balaban J connectivity index is 1.41. The van der Waals surface area contributed by atoms with Gasteiger partial charge in [0.25, 0.3) is 0 Å². The van der Waals surface area contributed by atoms with E-state index in [9.17, 15) is 0 Å². The standard InChI is InChI=1S/C17H27N3/c1-14(13-15-5-4-6-15)19-16-8-11-20(12-9-16)17-7-2-3-10-18-17/h2-3,7,10,14-16,19H,4-6,8-9,11-13H2,1H3. The predicted octanol–water partition coefficient (Wildman–Crippen LogP) is 3.22. The molecule has 1 saturated carbocycles. The number of anilines is 1. The lowest BCUT2D eigenvalue weighted by atomic mass is 9.81. The van der Waals surface area contributed by atoms with E-state index in [0.29, 0.717) is 12.1 Å². The van der Waals surface area contributed by atoms with Crippen molar-refractivity contribution in [1.82, 2.24) is 10.3 Å². The second-order valence-electron chi connectivity index (χ2n) is 6.55. The van der Waals surface area contributed by atoms with Crippen molar-refractivity contribution >= 4 is 5.82 Å². The molecule has 1 unspecified atom stereocenters. The maximum atomic E-state index is 4.45. The average Bonchev–Trinajstić information content (AvgIpc) is 2.45. The Kier molecular flexibility index (Phi) is 4.56. The Morgan fingerprint density at radius 3 is 2.65 bits per heavy atom. The molecule has 1 aliphatic carbocycles.